The van der Waals surface area contributed by atoms with Gasteiger partial charge in [-0.1, -0.05) is 30.3 Å². The molecule has 2 aromatic rings. The molecular weight excluding hydrogens is 230 g/mol. The average Bonchev–Trinajstić information content (AvgIpc) is 2.86. The fraction of sp³-hybridized carbons (Fsp3) is 0.214. The number of furan rings is 1. The van der Waals surface area contributed by atoms with Crippen LogP contribution in [0.2, 0.25) is 0 Å². The highest BCUT2D eigenvalue weighted by atomic mass is 16.4. The minimum Gasteiger partial charge on any atom is -0.475 e. The normalized spacial score (nSPS) is 12.3. The summed E-state index contributed by atoms with van der Waals surface area (Å²) >= 11 is 0. The molecule has 0 aliphatic rings. The van der Waals surface area contributed by atoms with E-state index in [1.807, 2.05) is 30.3 Å². The predicted octanol–water partition coefficient (Wildman–Crippen LogP) is 2.26. The molecule has 1 unspecified atom stereocenters. The van der Waals surface area contributed by atoms with E-state index < -0.39 is 5.97 Å². The molecule has 0 radical (unpaired) electrons. The third-order valence-corrected chi connectivity index (χ3v) is 2.88. The first-order valence-electron chi connectivity index (χ1n) is 5.77. The van der Waals surface area contributed by atoms with Crippen LogP contribution in [0.4, 0.5) is 0 Å². The molecule has 1 atom stereocenters. The van der Waals surface area contributed by atoms with Gasteiger partial charge in [0.05, 0.1) is 0 Å². The Hall–Kier alpha value is -2.07. The summed E-state index contributed by atoms with van der Waals surface area (Å²) in [4.78, 5) is 10.7. The van der Waals surface area contributed by atoms with Crippen LogP contribution in [0.25, 0.3) is 0 Å². The molecule has 18 heavy (non-hydrogen) atoms. The highest BCUT2D eigenvalue weighted by molar-refractivity contribution is 5.84. The first kappa shape index (κ1) is 12.4. The highest BCUT2D eigenvalue weighted by Gasteiger charge is 2.14. The molecule has 0 bridgehead atoms. The van der Waals surface area contributed by atoms with E-state index in [0.717, 1.165) is 5.56 Å². The maximum atomic E-state index is 10.7. The Morgan fingerprint density at radius 1 is 1.22 bits per heavy atom. The number of hydrogen-bond donors (Lipinski definition) is 2. The van der Waals surface area contributed by atoms with E-state index in [0.29, 0.717) is 18.7 Å². The van der Waals surface area contributed by atoms with Crippen molar-refractivity contribution in [2.45, 2.75) is 12.3 Å². The SMILES string of the molecule is NCC(Cc1ccc(C(=O)O)o1)c1ccccc1. The van der Waals surface area contributed by atoms with Crippen LogP contribution in [0.1, 0.15) is 27.8 Å². The van der Waals surface area contributed by atoms with Crippen LogP contribution in [0, 0.1) is 0 Å². The van der Waals surface area contributed by atoms with Crippen molar-refractivity contribution in [1.82, 2.24) is 0 Å². The molecule has 1 heterocycles. The quantitative estimate of drug-likeness (QED) is 0.847. The summed E-state index contributed by atoms with van der Waals surface area (Å²) in [5.41, 5.74) is 6.89. The number of hydrogen-bond acceptors (Lipinski definition) is 3. The topological polar surface area (TPSA) is 76.5 Å². The minimum absolute atomic E-state index is 0.0335. The van der Waals surface area contributed by atoms with E-state index >= 15 is 0 Å². The number of carboxylic acids is 1. The lowest BCUT2D eigenvalue weighted by atomic mass is 9.95. The molecule has 0 saturated heterocycles. The lowest BCUT2D eigenvalue weighted by Gasteiger charge is -2.13. The van der Waals surface area contributed by atoms with E-state index in [2.05, 4.69) is 0 Å². The smallest absolute Gasteiger partial charge is 0.371 e. The zero-order chi connectivity index (χ0) is 13.0. The van der Waals surface area contributed by atoms with Crippen molar-refractivity contribution >= 4 is 5.97 Å². The largest absolute Gasteiger partial charge is 0.475 e. The molecular formula is C14H15NO3. The third-order valence-electron chi connectivity index (χ3n) is 2.88. The first-order chi connectivity index (χ1) is 8.70. The molecule has 0 amide bonds. The molecule has 0 saturated carbocycles. The Bertz CT molecular complexity index is 519. The summed E-state index contributed by atoms with van der Waals surface area (Å²) in [6, 6.07) is 13.1. The van der Waals surface area contributed by atoms with Gasteiger partial charge in [0.25, 0.3) is 0 Å². The number of nitrogens with two attached hydrogens (primary N) is 1. The lowest BCUT2D eigenvalue weighted by Crippen LogP contribution is -2.14. The van der Waals surface area contributed by atoms with Crippen molar-refractivity contribution in [3.05, 3.63) is 59.5 Å². The van der Waals surface area contributed by atoms with Crippen LogP contribution in [-0.4, -0.2) is 17.6 Å². The van der Waals surface area contributed by atoms with Gasteiger partial charge in [0, 0.05) is 12.3 Å². The number of benzene rings is 1. The number of carbonyl (C=O) groups is 1. The molecule has 3 N–H and O–H groups in total. The molecule has 0 aliphatic heterocycles. The summed E-state index contributed by atoms with van der Waals surface area (Å²) in [7, 11) is 0. The van der Waals surface area contributed by atoms with E-state index in [4.69, 9.17) is 15.3 Å². The van der Waals surface area contributed by atoms with Crippen LogP contribution < -0.4 is 5.73 Å². The summed E-state index contributed by atoms with van der Waals surface area (Å²) < 4.78 is 5.24. The fourth-order valence-electron chi connectivity index (χ4n) is 1.91. The second kappa shape index (κ2) is 5.51. The number of carboxylic acid groups (broad SMARTS) is 1. The second-order valence-electron chi connectivity index (χ2n) is 4.12. The Kier molecular flexibility index (Phi) is 3.79. The molecule has 0 spiro atoms. The van der Waals surface area contributed by atoms with Crippen molar-refractivity contribution in [1.29, 1.82) is 0 Å². The van der Waals surface area contributed by atoms with Gasteiger partial charge >= 0.3 is 5.97 Å². The zero-order valence-corrected chi connectivity index (χ0v) is 9.87. The van der Waals surface area contributed by atoms with E-state index in [1.165, 1.54) is 6.07 Å². The number of aromatic carboxylic acids is 1. The van der Waals surface area contributed by atoms with Crippen molar-refractivity contribution < 1.29 is 14.3 Å². The van der Waals surface area contributed by atoms with Gasteiger partial charge in [-0.3, -0.25) is 0 Å². The van der Waals surface area contributed by atoms with Gasteiger partial charge in [-0.15, -0.1) is 0 Å². The predicted molar refractivity (Wildman–Crippen MR) is 67.6 cm³/mol. The molecule has 4 nitrogen and oxygen atoms in total. The molecule has 2 rings (SSSR count). The van der Waals surface area contributed by atoms with E-state index in [9.17, 15) is 4.79 Å². The molecule has 4 heteroatoms. The standard InChI is InChI=1S/C14H15NO3/c15-9-11(10-4-2-1-3-5-10)8-12-6-7-13(18-12)14(16)17/h1-7,11H,8-9,15H2,(H,16,17). The Balaban J connectivity index is 2.13. The second-order valence-corrected chi connectivity index (χ2v) is 4.12. The van der Waals surface area contributed by atoms with Crippen molar-refractivity contribution in [2.24, 2.45) is 5.73 Å². The van der Waals surface area contributed by atoms with Crippen LogP contribution in [0.15, 0.2) is 46.9 Å². The van der Waals surface area contributed by atoms with Crippen LogP contribution in [-0.2, 0) is 6.42 Å². The summed E-state index contributed by atoms with van der Waals surface area (Å²) in [5.74, 6) is -0.301. The van der Waals surface area contributed by atoms with Gasteiger partial charge in [0.15, 0.2) is 0 Å². The molecule has 94 valence electrons. The van der Waals surface area contributed by atoms with Gasteiger partial charge in [0.2, 0.25) is 5.76 Å². The minimum atomic E-state index is -1.05. The zero-order valence-electron chi connectivity index (χ0n) is 9.87. The average molecular weight is 245 g/mol. The summed E-state index contributed by atoms with van der Waals surface area (Å²) in [6.07, 6.45) is 0.605. The Morgan fingerprint density at radius 2 is 1.94 bits per heavy atom. The van der Waals surface area contributed by atoms with Crippen LogP contribution >= 0.6 is 0 Å². The van der Waals surface area contributed by atoms with Crippen LogP contribution in [0.3, 0.4) is 0 Å². The number of rotatable bonds is 5. The van der Waals surface area contributed by atoms with Gasteiger partial charge in [-0.2, -0.15) is 0 Å². The van der Waals surface area contributed by atoms with Gasteiger partial charge < -0.3 is 15.3 Å². The maximum absolute atomic E-state index is 10.7. The fourth-order valence-corrected chi connectivity index (χ4v) is 1.91. The van der Waals surface area contributed by atoms with Crippen molar-refractivity contribution in [3.63, 3.8) is 0 Å². The van der Waals surface area contributed by atoms with Crippen molar-refractivity contribution in [2.75, 3.05) is 6.54 Å². The monoisotopic (exact) mass is 245 g/mol. The van der Waals surface area contributed by atoms with Gasteiger partial charge in [-0.05, 0) is 24.2 Å². The molecule has 0 fully saturated rings. The highest BCUT2D eigenvalue weighted by Crippen LogP contribution is 2.21. The van der Waals surface area contributed by atoms with E-state index in [-0.39, 0.29) is 11.7 Å². The van der Waals surface area contributed by atoms with E-state index in [1.54, 1.807) is 6.07 Å². The summed E-state index contributed by atoms with van der Waals surface area (Å²) in [6.45, 7) is 0.493. The summed E-state index contributed by atoms with van der Waals surface area (Å²) in [5, 5.41) is 8.79. The molecule has 1 aromatic carbocycles. The van der Waals surface area contributed by atoms with Crippen LogP contribution in [0.5, 0.6) is 0 Å². The molecule has 1 aromatic heterocycles. The Morgan fingerprint density at radius 3 is 2.50 bits per heavy atom. The van der Waals surface area contributed by atoms with Gasteiger partial charge in [0.1, 0.15) is 5.76 Å². The Labute approximate surface area is 105 Å². The lowest BCUT2D eigenvalue weighted by molar-refractivity contribution is 0.0660. The third kappa shape index (κ3) is 2.78. The molecule has 0 aliphatic carbocycles. The maximum Gasteiger partial charge on any atom is 0.371 e. The van der Waals surface area contributed by atoms with Crippen molar-refractivity contribution in [3.8, 4) is 0 Å². The van der Waals surface area contributed by atoms with Gasteiger partial charge in [-0.25, -0.2) is 4.79 Å². The first-order valence-corrected chi connectivity index (χ1v) is 5.77.